The van der Waals surface area contributed by atoms with Gasteiger partial charge in [-0.2, -0.15) is 5.26 Å². The zero-order valence-corrected chi connectivity index (χ0v) is 13.2. The Hall–Kier alpha value is -1.74. The summed E-state index contributed by atoms with van der Waals surface area (Å²) in [5.41, 5.74) is -0.521. The molecule has 0 radical (unpaired) electrons. The monoisotopic (exact) mass is 293 g/mol. The number of amides is 1. The maximum atomic E-state index is 12.0. The van der Waals surface area contributed by atoms with Crippen LogP contribution in [-0.4, -0.2) is 41.2 Å². The number of rotatable bonds is 5. The molecule has 0 N–H and O–H groups in total. The fraction of sp³-hybridized carbons (Fsp3) is 0.500. The quantitative estimate of drug-likeness (QED) is 0.781. The van der Waals surface area contributed by atoms with Crippen molar-refractivity contribution < 1.29 is 9.53 Å². The first-order chi connectivity index (χ1) is 9.30. The van der Waals surface area contributed by atoms with Crippen LogP contribution in [0.25, 0.3) is 0 Å². The second-order valence-corrected chi connectivity index (χ2v) is 6.18. The first kappa shape index (κ1) is 16.3. The van der Waals surface area contributed by atoms with Crippen LogP contribution in [0.2, 0.25) is 0 Å². The highest BCUT2D eigenvalue weighted by molar-refractivity contribution is 7.99. The van der Waals surface area contributed by atoms with E-state index in [9.17, 15) is 4.79 Å². The number of hydrogen-bond acceptors (Lipinski definition) is 5. The molecule has 0 saturated heterocycles. The third-order valence-corrected chi connectivity index (χ3v) is 3.29. The second kappa shape index (κ2) is 6.62. The van der Waals surface area contributed by atoms with Gasteiger partial charge >= 0.3 is 0 Å². The van der Waals surface area contributed by atoms with E-state index in [4.69, 9.17) is 10.00 Å². The van der Waals surface area contributed by atoms with Crippen LogP contribution in [-0.2, 0) is 0 Å². The molecule has 0 aromatic carbocycles. The van der Waals surface area contributed by atoms with Crippen LogP contribution in [0.1, 0.15) is 31.3 Å². The SMILES string of the molecule is CCSc1cc(OC(C)(C)C#N)cnc1C(=O)N(C)C. The van der Waals surface area contributed by atoms with Crippen LogP contribution in [0.5, 0.6) is 5.75 Å². The van der Waals surface area contributed by atoms with Crippen molar-refractivity contribution in [3.63, 3.8) is 0 Å². The van der Waals surface area contributed by atoms with Crippen LogP contribution < -0.4 is 4.74 Å². The zero-order valence-electron chi connectivity index (χ0n) is 12.4. The van der Waals surface area contributed by atoms with E-state index in [1.165, 1.54) is 22.9 Å². The summed E-state index contributed by atoms with van der Waals surface area (Å²) in [4.78, 5) is 18.5. The van der Waals surface area contributed by atoms with Gasteiger partial charge in [-0.1, -0.05) is 6.92 Å². The highest BCUT2D eigenvalue weighted by Gasteiger charge is 2.21. The van der Waals surface area contributed by atoms with Gasteiger partial charge in [-0.15, -0.1) is 11.8 Å². The van der Waals surface area contributed by atoms with E-state index in [1.807, 2.05) is 6.92 Å². The Labute approximate surface area is 123 Å². The van der Waals surface area contributed by atoms with Crippen molar-refractivity contribution in [2.24, 2.45) is 0 Å². The molecule has 0 saturated carbocycles. The van der Waals surface area contributed by atoms with Gasteiger partial charge in [0.25, 0.3) is 5.91 Å². The van der Waals surface area contributed by atoms with Gasteiger partial charge in [0.1, 0.15) is 17.5 Å². The van der Waals surface area contributed by atoms with Gasteiger partial charge in [0.2, 0.25) is 0 Å². The Morgan fingerprint density at radius 3 is 2.70 bits per heavy atom. The molecule has 1 aromatic heterocycles. The number of hydrogen-bond donors (Lipinski definition) is 0. The molecular weight excluding hydrogens is 274 g/mol. The van der Waals surface area contributed by atoms with E-state index < -0.39 is 5.60 Å². The van der Waals surface area contributed by atoms with E-state index in [-0.39, 0.29) is 5.91 Å². The molecular formula is C14H19N3O2S. The maximum Gasteiger partial charge on any atom is 0.273 e. The summed E-state index contributed by atoms with van der Waals surface area (Å²) in [6, 6.07) is 3.83. The molecule has 6 heteroatoms. The minimum absolute atomic E-state index is 0.146. The molecule has 0 spiro atoms. The van der Waals surface area contributed by atoms with Crippen LogP contribution >= 0.6 is 11.8 Å². The summed E-state index contributed by atoms with van der Waals surface area (Å²) in [5, 5.41) is 8.98. The van der Waals surface area contributed by atoms with Crippen LogP contribution in [0.15, 0.2) is 17.2 Å². The summed E-state index contributed by atoms with van der Waals surface area (Å²) >= 11 is 1.52. The molecule has 1 aromatic rings. The highest BCUT2D eigenvalue weighted by atomic mass is 32.2. The largest absolute Gasteiger partial charge is 0.471 e. The highest BCUT2D eigenvalue weighted by Crippen LogP contribution is 2.27. The normalized spacial score (nSPS) is 10.8. The van der Waals surface area contributed by atoms with Crippen molar-refractivity contribution in [1.29, 1.82) is 5.26 Å². The number of nitrogens with zero attached hydrogens (tertiary/aromatic N) is 3. The Balaban J connectivity index is 3.14. The first-order valence-electron chi connectivity index (χ1n) is 6.25. The molecule has 0 fully saturated rings. The Bertz CT molecular complexity index is 536. The molecule has 108 valence electrons. The standard InChI is InChI=1S/C14H19N3O2S/c1-6-20-11-7-10(19-14(2,3)9-15)8-16-12(11)13(18)17(4)5/h7-8H,6H2,1-5H3. The fourth-order valence-electron chi connectivity index (χ4n) is 1.44. The maximum absolute atomic E-state index is 12.0. The number of carbonyl (C=O) groups excluding carboxylic acids is 1. The van der Waals surface area contributed by atoms with Crippen LogP contribution in [0.4, 0.5) is 0 Å². The molecule has 0 aliphatic rings. The van der Waals surface area contributed by atoms with Gasteiger partial charge in [-0.25, -0.2) is 4.98 Å². The summed E-state index contributed by atoms with van der Waals surface area (Å²) in [7, 11) is 3.38. The molecule has 0 bridgehead atoms. The predicted octanol–water partition coefficient (Wildman–Crippen LogP) is 2.58. The molecule has 0 aliphatic carbocycles. The summed E-state index contributed by atoms with van der Waals surface area (Å²) < 4.78 is 5.57. The smallest absolute Gasteiger partial charge is 0.273 e. The van der Waals surface area contributed by atoms with Crippen molar-refractivity contribution in [2.75, 3.05) is 19.8 Å². The van der Waals surface area contributed by atoms with Gasteiger partial charge < -0.3 is 9.64 Å². The summed E-state index contributed by atoms with van der Waals surface area (Å²) in [5.74, 6) is 1.16. The summed E-state index contributed by atoms with van der Waals surface area (Å²) in [6.07, 6.45) is 1.48. The molecule has 0 unspecified atom stereocenters. The predicted molar refractivity (Wildman–Crippen MR) is 79.0 cm³/mol. The minimum Gasteiger partial charge on any atom is -0.471 e. The number of pyridine rings is 1. The van der Waals surface area contributed by atoms with Gasteiger partial charge in [0.05, 0.1) is 6.20 Å². The number of nitriles is 1. The Kier molecular flexibility index (Phi) is 5.40. The lowest BCUT2D eigenvalue weighted by Crippen LogP contribution is -2.26. The molecule has 0 atom stereocenters. The third kappa shape index (κ3) is 4.14. The number of aromatic nitrogens is 1. The molecule has 1 heterocycles. The van der Waals surface area contributed by atoms with Crippen molar-refractivity contribution in [2.45, 2.75) is 31.3 Å². The summed E-state index contributed by atoms with van der Waals surface area (Å²) in [6.45, 7) is 5.36. The number of thioether (sulfide) groups is 1. The van der Waals surface area contributed by atoms with Crippen LogP contribution in [0, 0.1) is 11.3 Å². The first-order valence-corrected chi connectivity index (χ1v) is 7.24. The molecule has 20 heavy (non-hydrogen) atoms. The third-order valence-electron chi connectivity index (χ3n) is 2.38. The topological polar surface area (TPSA) is 66.2 Å². The van der Waals surface area contributed by atoms with Crippen molar-refractivity contribution in [3.05, 3.63) is 18.0 Å². The zero-order chi connectivity index (χ0) is 15.3. The van der Waals surface area contributed by atoms with E-state index in [1.54, 1.807) is 34.0 Å². The van der Waals surface area contributed by atoms with Crippen LogP contribution in [0.3, 0.4) is 0 Å². The number of carbonyl (C=O) groups is 1. The Morgan fingerprint density at radius 2 is 2.20 bits per heavy atom. The lowest BCUT2D eigenvalue weighted by Gasteiger charge is -2.19. The van der Waals surface area contributed by atoms with Gasteiger partial charge in [0, 0.05) is 19.0 Å². The van der Waals surface area contributed by atoms with E-state index in [0.29, 0.717) is 11.4 Å². The van der Waals surface area contributed by atoms with Crippen molar-refractivity contribution >= 4 is 17.7 Å². The molecule has 5 nitrogen and oxygen atoms in total. The minimum atomic E-state index is -0.928. The van der Waals surface area contributed by atoms with Gasteiger partial charge in [-0.05, 0) is 25.7 Å². The van der Waals surface area contributed by atoms with Gasteiger partial charge in [-0.3, -0.25) is 4.79 Å². The van der Waals surface area contributed by atoms with E-state index in [0.717, 1.165) is 10.6 Å². The fourth-order valence-corrected chi connectivity index (χ4v) is 2.23. The van der Waals surface area contributed by atoms with E-state index >= 15 is 0 Å². The molecule has 1 rings (SSSR count). The van der Waals surface area contributed by atoms with Crippen molar-refractivity contribution in [1.82, 2.24) is 9.88 Å². The molecule has 0 aliphatic heterocycles. The van der Waals surface area contributed by atoms with Gasteiger partial charge in [0.15, 0.2) is 5.60 Å². The van der Waals surface area contributed by atoms with Crippen molar-refractivity contribution in [3.8, 4) is 11.8 Å². The lowest BCUT2D eigenvalue weighted by molar-refractivity contribution is 0.0818. The average Bonchev–Trinajstić information content (AvgIpc) is 2.38. The Morgan fingerprint density at radius 1 is 1.55 bits per heavy atom. The average molecular weight is 293 g/mol. The molecule has 1 amide bonds. The second-order valence-electron chi connectivity index (χ2n) is 4.87. The lowest BCUT2D eigenvalue weighted by atomic mass is 10.2. The van der Waals surface area contributed by atoms with E-state index in [2.05, 4.69) is 11.1 Å². The number of ether oxygens (including phenoxy) is 1.